The lowest BCUT2D eigenvalue weighted by molar-refractivity contribution is -0.870. The van der Waals surface area contributed by atoms with Gasteiger partial charge in [0.15, 0.2) is 0 Å². The second kappa shape index (κ2) is 59.1. The predicted octanol–water partition coefficient (Wildman–Crippen LogP) is 20.7. The topological polar surface area (TPSA) is 111 Å². The number of carbonyl (C=O) groups is 2. The molecule has 0 saturated heterocycles. The number of phosphoric ester groups is 1. The molecule has 0 aromatic carbocycles. The molecule has 0 bridgehead atoms. The summed E-state index contributed by atoms with van der Waals surface area (Å²) in [6.45, 7) is 6.94. The zero-order valence-electron chi connectivity index (χ0n) is 52.8. The van der Waals surface area contributed by atoms with E-state index in [2.05, 4.69) is 111 Å². The van der Waals surface area contributed by atoms with Crippen LogP contribution in [0.4, 0.5) is 0 Å². The minimum atomic E-state index is -4.46. The van der Waals surface area contributed by atoms with E-state index >= 15 is 0 Å². The van der Waals surface area contributed by atoms with Crippen molar-refractivity contribution in [2.24, 2.45) is 0 Å². The van der Waals surface area contributed by atoms with Gasteiger partial charge in [-0.2, -0.15) is 0 Å². The molecular formula is C70H126N2O7P+. The molecule has 462 valence electrons. The van der Waals surface area contributed by atoms with Crippen molar-refractivity contribution in [1.82, 2.24) is 5.32 Å². The number of rotatable bonds is 59. The van der Waals surface area contributed by atoms with Crippen molar-refractivity contribution in [3.05, 3.63) is 97.2 Å². The molecule has 0 aliphatic heterocycles. The van der Waals surface area contributed by atoms with Crippen LogP contribution in [0.1, 0.15) is 284 Å². The lowest BCUT2D eigenvalue weighted by Crippen LogP contribution is -2.47. The Morgan fingerprint density at radius 3 is 1.18 bits per heavy atom. The summed E-state index contributed by atoms with van der Waals surface area (Å²) in [5.74, 6) is -0.546. The van der Waals surface area contributed by atoms with Crippen LogP contribution in [0.15, 0.2) is 97.2 Å². The molecule has 0 radical (unpaired) electrons. The molecule has 0 aromatic heterocycles. The number of phosphoric acid groups is 1. The molecule has 2 N–H and O–H groups in total. The van der Waals surface area contributed by atoms with Gasteiger partial charge in [0.2, 0.25) is 5.91 Å². The largest absolute Gasteiger partial charge is 0.472 e. The summed E-state index contributed by atoms with van der Waals surface area (Å²) >= 11 is 0. The summed E-state index contributed by atoms with van der Waals surface area (Å²) < 4.78 is 30.7. The molecule has 0 aliphatic carbocycles. The smallest absolute Gasteiger partial charge is 0.456 e. The van der Waals surface area contributed by atoms with Crippen molar-refractivity contribution in [2.75, 3.05) is 40.9 Å². The van der Waals surface area contributed by atoms with Gasteiger partial charge in [0, 0.05) is 12.8 Å². The van der Waals surface area contributed by atoms with Crippen LogP contribution in [0, 0.1) is 0 Å². The van der Waals surface area contributed by atoms with Gasteiger partial charge in [0.25, 0.3) is 0 Å². The summed E-state index contributed by atoms with van der Waals surface area (Å²) in [7, 11) is 1.47. The average molecular weight is 1140 g/mol. The van der Waals surface area contributed by atoms with Crippen LogP contribution in [-0.2, 0) is 27.9 Å². The molecule has 0 aliphatic rings. The normalized spacial score (nSPS) is 14.2. The van der Waals surface area contributed by atoms with Gasteiger partial charge in [-0.15, -0.1) is 0 Å². The molecule has 3 atom stereocenters. The average Bonchev–Trinajstić information content (AvgIpc) is 3.43. The van der Waals surface area contributed by atoms with Crippen molar-refractivity contribution in [3.63, 3.8) is 0 Å². The Kier molecular flexibility index (Phi) is 56.8. The number of unbranched alkanes of at least 4 members (excludes halogenated alkanes) is 29. The summed E-state index contributed by atoms with van der Waals surface area (Å²) in [4.78, 5) is 37.8. The van der Waals surface area contributed by atoms with Gasteiger partial charge in [0.1, 0.15) is 19.3 Å². The predicted molar refractivity (Wildman–Crippen MR) is 346 cm³/mol. The van der Waals surface area contributed by atoms with Crippen molar-refractivity contribution >= 4 is 19.7 Å². The molecule has 0 aromatic rings. The zero-order chi connectivity index (χ0) is 58.6. The van der Waals surface area contributed by atoms with Gasteiger partial charge in [-0.25, -0.2) is 4.57 Å². The van der Waals surface area contributed by atoms with Gasteiger partial charge < -0.3 is 19.4 Å². The van der Waals surface area contributed by atoms with Gasteiger partial charge in [-0.3, -0.25) is 18.6 Å². The Morgan fingerprint density at radius 1 is 0.438 bits per heavy atom. The first kappa shape index (κ1) is 76.9. The monoisotopic (exact) mass is 1140 g/mol. The Labute approximate surface area is 494 Å². The second-order valence-corrected chi connectivity index (χ2v) is 24.7. The van der Waals surface area contributed by atoms with Crippen LogP contribution < -0.4 is 5.32 Å². The number of ether oxygens (including phenoxy) is 1. The van der Waals surface area contributed by atoms with E-state index in [4.69, 9.17) is 13.8 Å². The molecule has 10 heteroatoms. The maximum Gasteiger partial charge on any atom is 0.472 e. The third kappa shape index (κ3) is 59.5. The van der Waals surface area contributed by atoms with Crippen molar-refractivity contribution in [2.45, 2.75) is 296 Å². The molecule has 3 unspecified atom stereocenters. The highest BCUT2D eigenvalue weighted by molar-refractivity contribution is 7.47. The number of allylic oxidation sites excluding steroid dienone is 15. The fourth-order valence-electron chi connectivity index (χ4n) is 9.11. The maximum atomic E-state index is 13.6. The molecule has 1 amide bonds. The number of amides is 1. The second-order valence-electron chi connectivity index (χ2n) is 23.3. The van der Waals surface area contributed by atoms with Crippen LogP contribution in [0.25, 0.3) is 0 Å². The number of nitrogens with zero attached hydrogens (tertiary/aromatic N) is 1. The third-order valence-electron chi connectivity index (χ3n) is 14.2. The summed E-state index contributed by atoms with van der Waals surface area (Å²) in [5, 5.41) is 3.05. The lowest BCUT2D eigenvalue weighted by atomic mass is 10.0. The maximum absolute atomic E-state index is 13.6. The number of esters is 1. The van der Waals surface area contributed by atoms with E-state index in [-0.39, 0.29) is 31.5 Å². The van der Waals surface area contributed by atoms with Crippen LogP contribution in [0.3, 0.4) is 0 Å². The van der Waals surface area contributed by atoms with Crippen LogP contribution >= 0.6 is 7.82 Å². The minimum Gasteiger partial charge on any atom is -0.456 e. The highest BCUT2D eigenvalue weighted by Crippen LogP contribution is 2.43. The van der Waals surface area contributed by atoms with Crippen molar-refractivity contribution < 1.29 is 37.3 Å². The number of hydrogen-bond donors (Lipinski definition) is 2. The summed E-state index contributed by atoms with van der Waals surface area (Å²) in [5.41, 5.74) is 0. The van der Waals surface area contributed by atoms with Gasteiger partial charge in [-0.1, -0.05) is 253 Å². The molecule has 80 heavy (non-hydrogen) atoms. The lowest BCUT2D eigenvalue weighted by Gasteiger charge is -2.27. The number of quaternary nitrogens is 1. The highest BCUT2D eigenvalue weighted by Gasteiger charge is 2.30. The molecular weight excluding hydrogens is 1010 g/mol. The Balaban J connectivity index is 5.24. The first-order valence-electron chi connectivity index (χ1n) is 33.1. The Hall–Kier alpha value is -3.07. The molecule has 0 heterocycles. The zero-order valence-corrected chi connectivity index (χ0v) is 53.7. The molecule has 0 fully saturated rings. The van der Waals surface area contributed by atoms with E-state index in [0.29, 0.717) is 23.9 Å². The van der Waals surface area contributed by atoms with Gasteiger partial charge >= 0.3 is 13.8 Å². The van der Waals surface area contributed by atoms with Crippen LogP contribution in [0.2, 0.25) is 0 Å². The third-order valence-corrected chi connectivity index (χ3v) is 15.2. The Morgan fingerprint density at radius 2 is 0.762 bits per heavy atom. The SMILES string of the molecule is CCCCC/C=C\C/C=C\C/C=C\C/C=C\CCCCCC(=O)OC(/C=C\CCCCCCCCCCCC)C(COP(=O)(O)OCC[N+](C)(C)C)NC(=O)CCCCCCCCCCCC/C=C\C/C=C\C/C=C\CCCCC. The van der Waals surface area contributed by atoms with Crippen molar-refractivity contribution in [1.29, 1.82) is 0 Å². The van der Waals surface area contributed by atoms with E-state index < -0.39 is 20.0 Å². The standard InChI is InChI=1S/C70H125N2O7P/c1-7-10-13-16-19-22-25-28-30-32-34-35-36-37-39-40-42-44-47-50-53-56-59-62-69(73)71-67(66-78-80(75,76)77-65-64-72(4,5)6)68(61-58-55-52-49-46-27-24-21-18-15-12-9-3)79-70(74)63-60-57-54-51-48-45-43-41-38-33-31-29-26-23-20-17-14-11-8-2/h19-20,22-23,28-31,34-35,38,41,45,48,58,61,67-68H,7-18,21,24-27,32-33,36-37,39-40,42-44,46-47,49-57,59-60,62-66H2,1-6H3,(H-,71,73,75,76)/p+1/b22-19-,23-20-,30-28-,31-29-,35-34-,41-38-,48-45-,61-58-. The fraction of sp³-hybridized carbons (Fsp3) is 0.743. The first-order valence-corrected chi connectivity index (χ1v) is 34.6. The minimum absolute atomic E-state index is 0.0300. The number of carbonyl (C=O) groups excluding carboxylic acids is 2. The first-order chi connectivity index (χ1) is 38.9. The fourth-order valence-corrected chi connectivity index (χ4v) is 9.84. The van der Waals surface area contributed by atoms with Crippen LogP contribution in [-0.4, -0.2) is 74.3 Å². The van der Waals surface area contributed by atoms with Gasteiger partial charge in [-0.05, 0) is 115 Å². The van der Waals surface area contributed by atoms with E-state index in [0.717, 1.165) is 103 Å². The Bertz CT molecular complexity index is 1690. The summed E-state index contributed by atoms with van der Waals surface area (Å²) in [6.07, 6.45) is 79.7. The molecule has 9 nitrogen and oxygen atoms in total. The van der Waals surface area contributed by atoms with Crippen LogP contribution in [0.5, 0.6) is 0 Å². The molecule has 0 rings (SSSR count). The quantitative estimate of drug-likeness (QED) is 0.0205. The number of likely N-dealkylation sites (N-methyl/N-ethyl adjacent to an activating group) is 1. The number of hydrogen-bond acceptors (Lipinski definition) is 6. The molecule has 0 saturated carbocycles. The van der Waals surface area contributed by atoms with E-state index in [1.54, 1.807) is 0 Å². The number of nitrogens with one attached hydrogen (secondary N) is 1. The summed E-state index contributed by atoms with van der Waals surface area (Å²) in [6, 6.07) is -0.870. The van der Waals surface area contributed by atoms with Crippen molar-refractivity contribution in [3.8, 4) is 0 Å². The van der Waals surface area contributed by atoms with E-state index in [1.165, 1.54) is 141 Å². The van der Waals surface area contributed by atoms with E-state index in [9.17, 15) is 19.0 Å². The highest BCUT2D eigenvalue weighted by atomic mass is 31.2. The molecule has 0 spiro atoms. The van der Waals surface area contributed by atoms with Gasteiger partial charge in [0.05, 0.1) is 33.8 Å². The van der Waals surface area contributed by atoms with E-state index in [1.807, 2.05) is 33.3 Å².